The molecule has 4 aromatic rings. The zero-order chi connectivity index (χ0) is 23.9. The molecule has 0 atom stereocenters. The number of hydrogen-bond acceptors (Lipinski definition) is 4. The lowest BCUT2D eigenvalue weighted by molar-refractivity contribution is 0.0692. The molecule has 6 nitrogen and oxygen atoms in total. The molecule has 3 aromatic heterocycles. The van der Waals surface area contributed by atoms with Gasteiger partial charge in [0.25, 0.3) is 5.91 Å². The van der Waals surface area contributed by atoms with E-state index in [1.807, 2.05) is 42.2 Å². The van der Waals surface area contributed by atoms with Crippen molar-refractivity contribution in [3.8, 4) is 5.82 Å². The number of nitrogens with zero attached hydrogens (tertiary/aromatic N) is 5. The van der Waals surface area contributed by atoms with Gasteiger partial charge < -0.3 is 4.90 Å². The fourth-order valence-corrected chi connectivity index (χ4v) is 5.21. The first-order chi connectivity index (χ1) is 17.1. The summed E-state index contributed by atoms with van der Waals surface area (Å²) in [6, 6.07) is 14.5. The Morgan fingerprint density at radius 3 is 2.60 bits per heavy atom. The van der Waals surface area contributed by atoms with Crippen molar-refractivity contribution in [1.82, 2.24) is 24.6 Å². The highest BCUT2D eigenvalue weighted by Gasteiger charge is 2.31. The van der Waals surface area contributed by atoms with Crippen LogP contribution in [0.5, 0.6) is 0 Å². The zero-order valence-electron chi connectivity index (χ0n) is 19.8. The van der Waals surface area contributed by atoms with E-state index in [0.29, 0.717) is 42.0 Å². The van der Waals surface area contributed by atoms with Gasteiger partial charge in [-0.2, -0.15) is 9.78 Å². The molecule has 2 aliphatic rings. The number of rotatable bonds is 5. The summed E-state index contributed by atoms with van der Waals surface area (Å²) < 4.78 is 15.3. The van der Waals surface area contributed by atoms with Gasteiger partial charge in [0, 0.05) is 30.9 Å². The molecule has 0 N–H and O–H groups in total. The Balaban J connectivity index is 1.28. The highest BCUT2D eigenvalue weighted by molar-refractivity contribution is 6.06. The third-order valence-corrected chi connectivity index (χ3v) is 7.24. The van der Waals surface area contributed by atoms with Gasteiger partial charge in [0.1, 0.15) is 5.82 Å². The van der Waals surface area contributed by atoms with Crippen LogP contribution in [-0.2, 0) is 6.42 Å². The molecule has 35 heavy (non-hydrogen) atoms. The first-order valence-electron chi connectivity index (χ1n) is 12.4. The Hall–Kier alpha value is -3.61. The smallest absolute Gasteiger partial charge is 0.254 e. The molecule has 1 aliphatic carbocycles. The van der Waals surface area contributed by atoms with E-state index in [9.17, 15) is 9.18 Å². The molecule has 1 aromatic carbocycles. The van der Waals surface area contributed by atoms with Gasteiger partial charge in [-0.25, -0.2) is 14.4 Å². The van der Waals surface area contributed by atoms with Crippen molar-refractivity contribution in [3.63, 3.8) is 0 Å². The molecule has 6 rings (SSSR count). The second-order valence-corrected chi connectivity index (χ2v) is 9.82. The number of aryl methyl sites for hydroxylation is 1. The average molecular weight is 470 g/mol. The zero-order valence-corrected chi connectivity index (χ0v) is 19.8. The van der Waals surface area contributed by atoms with Crippen LogP contribution < -0.4 is 0 Å². The van der Waals surface area contributed by atoms with Gasteiger partial charge in [-0.1, -0.05) is 18.2 Å². The van der Waals surface area contributed by atoms with E-state index in [1.165, 1.54) is 6.07 Å². The summed E-state index contributed by atoms with van der Waals surface area (Å²) in [5.41, 5.74) is 4.18. The maximum atomic E-state index is 13.8. The fourth-order valence-electron chi connectivity index (χ4n) is 5.21. The second-order valence-electron chi connectivity index (χ2n) is 9.82. The number of likely N-dealkylation sites (tertiary alicyclic amines) is 1. The minimum atomic E-state index is -0.190. The Kier molecular flexibility index (Phi) is 5.55. The van der Waals surface area contributed by atoms with E-state index in [4.69, 9.17) is 10.1 Å². The first-order valence-corrected chi connectivity index (χ1v) is 12.4. The topological polar surface area (TPSA) is 63.9 Å². The molecular weight excluding hydrogens is 441 g/mol. The Morgan fingerprint density at radius 1 is 1.06 bits per heavy atom. The van der Waals surface area contributed by atoms with Crippen LogP contribution in [0.25, 0.3) is 16.9 Å². The van der Waals surface area contributed by atoms with Crippen LogP contribution in [0.2, 0.25) is 0 Å². The summed E-state index contributed by atoms with van der Waals surface area (Å²) in [4.78, 5) is 25.2. The largest absolute Gasteiger partial charge is 0.339 e. The molecule has 2 fully saturated rings. The van der Waals surface area contributed by atoms with E-state index >= 15 is 0 Å². The molecule has 1 aliphatic heterocycles. The quantitative estimate of drug-likeness (QED) is 0.401. The van der Waals surface area contributed by atoms with Crippen LogP contribution >= 0.6 is 0 Å². The number of carbonyl (C=O) groups is 1. The van der Waals surface area contributed by atoms with Crippen LogP contribution in [-0.4, -0.2) is 43.6 Å². The molecule has 0 radical (unpaired) electrons. The van der Waals surface area contributed by atoms with Gasteiger partial charge in [0.05, 0.1) is 16.6 Å². The number of carbonyl (C=O) groups excluding carboxylic acids is 1. The lowest BCUT2D eigenvalue weighted by Crippen LogP contribution is -2.39. The van der Waals surface area contributed by atoms with Crippen molar-refractivity contribution in [2.75, 3.05) is 13.1 Å². The SMILES string of the molecule is Cc1nn(-c2ccccn2)c2nc(C3CC3)cc(C(=O)N3CCC(Cc4cccc(F)c4)CC3)c12. The highest BCUT2D eigenvalue weighted by Crippen LogP contribution is 2.41. The van der Waals surface area contributed by atoms with E-state index in [2.05, 4.69) is 4.98 Å². The minimum Gasteiger partial charge on any atom is -0.339 e. The van der Waals surface area contributed by atoms with E-state index in [1.54, 1.807) is 23.0 Å². The summed E-state index contributed by atoms with van der Waals surface area (Å²) in [5, 5.41) is 5.54. The van der Waals surface area contributed by atoms with Gasteiger partial charge in [0.15, 0.2) is 11.5 Å². The number of pyridine rings is 2. The normalized spacial score (nSPS) is 16.7. The summed E-state index contributed by atoms with van der Waals surface area (Å²) in [6.07, 6.45) is 6.63. The second kappa shape index (κ2) is 8.87. The van der Waals surface area contributed by atoms with Crippen molar-refractivity contribution < 1.29 is 9.18 Å². The molecule has 1 saturated heterocycles. The third-order valence-electron chi connectivity index (χ3n) is 7.24. The molecule has 1 saturated carbocycles. The van der Waals surface area contributed by atoms with Crippen LogP contribution in [0, 0.1) is 18.7 Å². The van der Waals surface area contributed by atoms with Crippen LogP contribution in [0.15, 0.2) is 54.7 Å². The van der Waals surface area contributed by atoms with Crippen molar-refractivity contribution >= 4 is 16.9 Å². The molecule has 0 bridgehead atoms. The van der Waals surface area contributed by atoms with Gasteiger partial charge in [-0.15, -0.1) is 0 Å². The summed E-state index contributed by atoms with van der Waals surface area (Å²) in [6.45, 7) is 3.34. The maximum Gasteiger partial charge on any atom is 0.254 e. The van der Waals surface area contributed by atoms with Gasteiger partial charge in [-0.05, 0) is 80.8 Å². The highest BCUT2D eigenvalue weighted by atomic mass is 19.1. The third kappa shape index (κ3) is 4.31. The molecule has 178 valence electrons. The monoisotopic (exact) mass is 469 g/mol. The lowest BCUT2D eigenvalue weighted by atomic mass is 9.90. The molecule has 7 heteroatoms. The average Bonchev–Trinajstić information content (AvgIpc) is 3.68. The number of hydrogen-bond donors (Lipinski definition) is 0. The Morgan fingerprint density at radius 2 is 1.89 bits per heavy atom. The molecule has 0 unspecified atom stereocenters. The number of amides is 1. The summed E-state index contributed by atoms with van der Waals surface area (Å²) in [5.74, 6) is 1.42. The van der Waals surface area contributed by atoms with Crippen LogP contribution in [0.3, 0.4) is 0 Å². The van der Waals surface area contributed by atoms with Crippen molar-refractivity contribution in [2.45, 2.75) is 44.9 Å². The first kappa shape index (κ1) is 21.9. The van der Waals surface area contributed by atoms with E-state index in [-0.39, 0.29) is 11.7 Å². The summed E-state index contributed by atoms with van der Waals surface area (Å²) >= 11 is 0. The predicted octanol–water partition coefficient (Wildman–Crippen LogP) is 5.24. The number of fused-ring (bicyclic) bond motifs is 1. The van der Waals surface area contributed by atoms with Gasteiger partial charge in [0.2, 0.25) is 0 Å². The number of halogens is 1. The van der Waals surface area contributed by atoms with E-state index in [0.717, 1.165) is 54.4 Å². The minimum absolute atomic E-state index is 0.0483. The van der Waals surface area contributed by atoms with Crippen molar-refractivity contribution in [3.05, 3.63) is 83.1 Å². The number of aromatic nitrogens is 4. The standard InChI is InChI=1S/C28H28FN5O/c1-18-26-23(28(35)33-13-10-19(11-14-33)15-20-5-4-6-22(29)16-20)17-24(21-8-9-21)31-27(26)34(32-18)25-7-2-3-12-30-25/h2-7,12,16-17,19,21H,8-11,13-15H2,1H3. The number of benzene rings is 1. The molecule has 4 heterocycles. The molecule has 0 spiro atoms. The van der Waals surface area contributed by atoms with Gasteiger partial charge >= 0.3 is 0 Å². The Labute approximate surface area is 203 Å². The molecular formula is C28H28FN5O. The number of piperidine rings is 1. The lowest BCUT2D eigenvalue weighted by Gasteiger charge is -2.32. The van der Waals surface area contributed by atoms with Crippen molar-refractivity contribution in [2.24, 2.45) is 5.92 Å². The predicted molar refractivity (Wildman–Crippen MR) is 132 cm³/mol. The van der Waals surface area contributed by atoms with Crippen LogP contribution in [0.1, 0.15) is 58.9 Å². The Bertz CT molecular complexity index is 1390. The molecule has 1 amide bonds. The summed E-state index contributed by atoms with van der Waals surface area (Å²) in [7, 11) is 0. The van der Waals surface area contributed by atoms with E-state index < -0.39 is 0 Å². The van der Waals surface area contributed by atoms with Crippen molar-refractivity contribution in [1.29, 1.82) is 0 Å². The van der Waals surface area contributed by atoms with Gasteiger partial charge in [-0.3, -0.25) is 4.79 Å². The fraction of sp³-hybridized carbons (Fsp3) is 0.357. The maximum absolute atomic E-state index is 13.8. The van der Waals surface area contributed by atoms with Crippen LogP contribution in [0.4, 0.5) is 4.39 Å².